The first-order valence-corrected chi connectivity index (χ1v) is 6.41. The zero-order valence-electron chi connectivity index (χ0n) is 11.4. The summed E-state index contributed by atoms with van der Waals surface area (Å²) in [4.78, 5) is 15.4. The third-order valence-corrected chi connectivity index (χ3v) is 2.98. The molecule has 0 spiro atoms. The van der Waals surface area contributed by atoms with Crippen molar-refractivity contribution < 1.29 is 14.6 Å². The van der Waals surface area contributed by atoms with Crippen LogP contribution in [0.5, 0.6) is 5.75 Å². The molecule has 6 nitrogen and oxygen atoms in total. The number of aromatic carboxylic acids is 1. The number of carboxylic acids is 1. The highest BCUT2D eigenvalue weighted by Crippen LogP contribution is 2.14. The number of carbonyl (C=O) groups is 1. The maximum atomic E-state index is 11.1. The van der Waals surface area contributed by atoms with E-state index in [0.717, 1.165) is 11.3 Å². The second-order valence-corrected chi connectivity index (χ2v) is 4.62. The minimum absolute atomic E-state index is 0.0711. The average molecular weight is 283 g/mol. The van der Waals surface area contributed by atoms with Crippen molar-refractivity contribution in [3.05, 3.63) is 59.5 Å². The van der Waals surface area contributed by atoms with Gasteiger partial charge in [-0.1, -0.05) is 18.2 Å². The summed E-state index contributed by atoms with van der Waals surface area (Å²) in [6.45, 7) is 2.17. The first-order chi connectivity index (χ1) is 10.1. The van der Waals surface area contributed by atoms with Gasteiger partial charge < -0.3 is 9.84 Å². The maximum Gasteiger partial charge on any atom is 0.354 e. The Bertz CT molecular complexity index is 811. The van der Waals surface area contributed by atoms with E-state index in [1.165, 1.54) is 10.6 Å². The molecule has 0 aliphatic carbocycles. The average Bonchev–Trinajstić information content (AvgIpc) is 2.87. The van der Waals surface area contributed by atoms with E-state index >= 15 is 0 Å². The van der Waals surface area contributed by atoms with Crippen LogP contribution in [-0.2, 0) is 6.61 Å². The SMILES string of the molecule is Cc1cccc(OCc2nc3cccc(C(=O)O)n3n2)c1. The number of ether oxygens (including phenoxy) is 1. The van der Waals surface area contributed by atoms with Gasteiger partial charge in [-0.3, -0.25) is 0 Å². The Morgan fingerprint density at radius 1 is 1.29 bits per heavy atom. The minimum Gasteiger partial charge on any atom is -0.486 e. The second-order valence-electron chi connectivity index (χ2n) is 4.62. The monoisotopic (exact) mass is 283 g/mol. The number of hydrogen-bond acceptors (Lipinski definition) is 4. The maximum absolute atomic E-state index is 11.1. The molecule has 2 aromatic heterocycles. The lowest BCUT2D eigenvalue weighted by Crippen LogP contribution is -2.06. The molecule has 0 aliphatic rings. The molecule has 0 atom stereocenters. The molecular formula is C15H13N3O3. The van der Waals surface area contributed by atoms with Crippen molar-refractivity contribution in [2.45, 2.75) is 13.5 Å². The molecule has 2 heterocycles. The zero-order chi connectivity index (χ0) is 14.8. The lowest BCUT2D eigenvalue weighted by molar-refractivity contribution is 0.0687. The number of hydrogen-bond donors (Lipinski definition) is 1. The van der Waals surface area contributed by atoms with E-state index in [2.05, 4.69) is 10.1 Å². The largest absolute Gasteiger partial charge is 0.486 e. The molecule has 6 heteroatoms. The first-order valence-electron chi connectivity index (χ1n) is 6.41. The van der Waals surface area contributed by atoms with Gasteiger partial charge in [0.25, 0.3) is 0 Å². The van der Waals surface area contributed by atoms with Crippen LogP contribution in [0.15, 0.2) is 42.5 Å². The number of benzene rings is 1. The van der Waals surface area contributed by atoms with Crippen LogP contribution in [0.4, 0.5) is 0 Å². The Kier molecular flexibility index (Phi) is 3.27. The van der Waals surface area contributed by atoms with Gasteiger partial charge in [0.15, 0.2) is 17.2 Å². The lowest BCUT2D eigenvalue weighted by Gasteiger charge is -2.03. The lowest BCUT2D eigenvalue weighted by atomic mass is 10.2. The standard InChI is InChI=1S/C15H13N3O3/c1-10-4-2-5-11(8-10)21-9-13-16-14-7-3-6-12(15(19)20)18(14)17-13/h2-8H,9H2,1H3,(H,19,20). The number of aryl methyl sites for hydroxylation is 1. The van der Waals surface area contributed by atoms with Crippen LogP contribution >= 0.6 is 0 Å². The molecule has 0 radical (unpaired) electrons. The molecule has 0 saturated carbocycles. The predicted octanol–water partition coefficient (Wildman–Crippen LogP) is 2.31. The number of carboxylic acid groups (broad SMARTS) is 1. The van der Waals surface area contributed by atoms with Crippen molar-refractivity contribution >= 4 is 11.6 Å². The van der Waals surface area contributed by atoms with E-state index in [4.69, 9.17) is 9.84 Å². The number of pyridine rings is 1. The Labute approximate surface area is 120 Å². The summed E-state index contributed by atoms with van der Waals surface area (Å²) in [5, 5.41) is 13.3. The molecule has 0 unspecified atom stereocenters. The normalized spacial score (nSPS) is 10.7. The fourth-order valence-electron chi connectivity index (χ4n) is 2.03. The number of nitrogens with zero attached hydrogens (tertiary/aromatic N) is 3. The van der Waals surface area contributed by atoms with Crippen LogP contribution < -0.4 is 4.74 Å². The number of rotatable bonds is 4. The van der Waals surface area contributed by atoms with Gasteiger partial charge in [0, 0.05) is 0 Å². The molecule has 0 bridgehead atoms. The zero-order valence-corrected chi connectivity index (χ0v) is 11.4. The van der Waals surface area contributed by atoms with E-state index in [-0.39, 0.29) is 12.3 Å². The summed E-state index contributed by atoms with van der Waals surface area (Å²) in [5.41, 5.74) is 1.66. The van der Waals surface area contributed by atoms with Gasteiger partial charge in [-0.15, -0.1) is 5.10 Å². The fraction of sp³-hybridized carbons (Fsp3) is 0.133. The molecule has 1 N–H and O–H groups in total. The third kappa shape index (κ3) is 2.69. The summed E-state index contributed by atoms with van der Waals surface area (Å²) in [7, 11) is 0. The Morgan fingerprint density at radius 2 is 2.10 bits per heavy atom. The van der Waals surface area contributed by atoms with Gasteiger partial charge in [-0.05, 0) is 36.8 Å². The highest BCUT2D eigenvalue weighted by molar-refractivity contribution is 5.86. The van der Waals surface area contributed by atoms with E-state index in [1.54, 1.807) is 12.1 Å². The van der Waals surface area contributed by atoms with Crippen LogP contribution in [0.1, 0.15) is 21.9 Å². The van der Waals surface area contributed by atoms with Crippen molar-refractivity contribution in [2.24, 2.45) is 0 Å². The van der Waals surface area contributed by atoms with Crippen LogP contribution in [0.2, 0.25) is 0 Å². The van der Waals surface area contributed by atoms with E-state index in [1.807, 2.05) is 31.2 Å². The summed E-state index contributed by atoms with van der Waals surface area (Å²) in [6, 6.07) is 12.5. The van der Waals surface area contributed by atoms with Gasteiger partial charge in [0.05, 0.1) is 0 Å². The summed E-state index contributed by atoms with van der Waals surface area (Å²) in [5.74, 6) is 0.120. The number of aromatic nitrogens is 3. The Morgan fingerprint density at radius 3 is 2.86 bits per heavy atom. The van der Waals surface area contributed by atoms with Crippen LogP contribution in [0, 0.1) is 6.92 Å². The Hall–Kier alpha value is -2.89. The second kappa shape index (κ2) is 5.24. The smallest absolute Gasteiger partial charge is 0.354 e. The molecule has 1 aromatic carbocycles. The van der Waals surface area contributed by atoms with Crippen molar-refractivity contribution in [1.29, 1.82) is 0 Å². The van der Waals surface area contributed by atoms with Gasteiger partial charge in [0.2, 0.25) is 0 Å². The van der Waals surface area contributed by atoms with E-state index in [0.29, 0.717) is 11.5 Å². The molecule has 3 aromatic rings. The third-order valence-electron chi connectivity index (χ3n) is 2.98. The van der Waals surface area contributed by atoms with Crippen molar-refractivity contribution in [2.75, 3.05) is 0 Å². The highest BCUT2D eigenvalue weighted by atomic mass is 16.5. The van der Waals surface area contributed by atoms with E-state index in [9.17, 15) is 4.79 Å². The summed E-state index contributed by atoms with van der Waals surface area (Å²) >= 11 is 0. The number of fused-ring (bicyclic) bond motifs is 1. The quantitative estimate of drug-likeness (QED) is 0.795. The van der Waals surface area contributed by atoms with Gasteiger partial charge in [-0.2, -0.15) is 0 Å². The molecule has 0 saturated heterocycles. The molecule has 3 rings (SSSR count). The van der Waals surface area contributed by atoms with Gasteiger partial charge >= 0.3 is 5.97 Å². The first kappa shape index (κ1) is 13.1. The van der Waals surface area contributed by atoms with Crippen LogP contribution in [-0.4, -0.2) is 25.7 Å². The van der Waals surface area contributed by atoms with Crippen LogP contribution in [0.3, 0.4) is 0 Å². The van der Waals surface area contributed by atoms with E-state index < -0.39 is 5.97 Å². The summed E-state index contributed by atoms with van der Waals surface area (Å²) < 4.78 is 6.92. The minimum atomic E-state index is -1.04. The topological polar surface area (TPSA) is 76.7 Å². The molecule has 106 valence electrons. The molecular weight excluding hydrogens is 270 g/mol. The fourth-order valence-corrected chi connectivity index (χ4v) is 2.03. The highest BCUT2D eigenvalue weighted by Gasteiger charge is 2.12. The van der Waals surface area contributed by atoms with Crippen molar-refractivity contribution in [3.63, 3.8) is 0 Å². The molecule has 0 fully saturated rings. The van der Waals surface area contributed by atoms with Crippen molar-refractivity contribution in [3.8, 4) is 5.75 Å². The van der Waals surface area contributed by atoms with Gasteiger partial charge in [-0.25, -0.2) is 14.3 Å². The van der Waals surface area contributed by atoms with Crippen LogP contribution in [0.25, 0.3) is 5.65 Å². The predicted molar refractivity (Wildman–Crippen MR) is 75.5 cm³/mol. The summed E-state index contributed by atoms with van der Waals surface area (Å²) in [6.07, 6.45) is 0. The molecule has 0 amide bonds. The molecule has 0 aliphatic heterocycles. The Balaban J connectivity index is 1.85. The van der Waals surface area contributed by atoms with Gasteiger partial charge in [0.1, 0.15) is 12.4 Å². The molecule has 21 heavy (non-hydrogen) atoms. The van der Waals surface area contributed by atoms with Crippen molar-refractivity contribution in [1.82, 2.24) is 14.6 Å².